The van der Waals surface area contributed by atoms with E-state index in [-0.39, 0.29) is 10.9 Å². The molecule has 40 heavy (non-hydrogen) atoms. The van der Waals surface area contributed by atoms with Gasteiger partial charge in [0.25, 0.3) is 5.91 Å². The number of ether oxygens (including phenoxy) is 1. The maximum Gasteiger partial charge on any atom is 0.291 e. The van der Waals surface area contributed by atoms with E-state index in [0.29, 0.717) is 39.3 Å². The third kappa shape index (κ3) is 6.40. The number of fused-ring (bicyclic) bond motifs is 1. The Kier molecular flexibility index (Phi) is 7.95. The smallest absolute Gasteiger partial charge is 0.291 e. The zero-order chi connectivity index (χ0) is 28.1. The number of carbonyl (C=O) groups excluding carboxylic acids is 2. The van der Waals surface area contributed by atoms with Crippen LogP contribution in [0.5, 0.6) is 5.75 Å². The van der Waals surface area contributed by atoms with Crippen LogP contribution in [-0.4, -0.2) is 24.0 Å². The first-order valence-electron chi connectivity index (χ1n) is 12.0. The van der Waals surface area contributed by atoms with E-state index in [1.54, 1.807) is 54.6 Å². The highest BCUT2D eigenvalue weighted by Crippen LogP contribution is 2.29. The van der Waals surface area contributed by atoms with Gasteiger partial charge in [-0.1, -0.05) is 29.8 Å². The van der Waals surface area contributed by atoms with E-state index in [4.69, 9.17) is 37.4 Å². The van der Waals surface area contributed by atoms with Crippen LogP contribution in [0.25, 0.3) is 28.4 Å². The highest BCUT2D eigenvalue weighted by atomic mass is 35.5. The van der Waals surface area contributed by atoms with Gasteiger partial charge in [-0.2, -0.15) is 0 Å². The second kappa shape index (κ2) is 11.9. The fraction of sp³-hybridized carbons (Fsp3) is 0.0333. The Morgan fingerprint density at radius 3 is 2.50 bits per heavy atom. The van der Waals surface area contributed by atoms with Crippen molar-refractivity contribution < 1.29 is 23.2 Å². The summed E-state index contributed by atoms with van der Waals surface area (Å²) >= 11 is 11.2. The molecule has 2 aromatic heterocycles. The minimum atomic E-state index is -0.441. The number of para-hydroxylation sites is 1. The minimum absolute atomic E-state index is 0.0806. The van der Waals surface area contributed by atoms with Gasteiger partial charge >= 0.3 is 0 Å². The van der Waals surface area contributed by atoms with E-state index in [2.05, 4.69) is 16.0 Å². The van der Waals surface area contributed by atoms with Crippen molar-refractivity contribution in [2.24, 2.45) is 0 Å². The lowest BCUT2D eigenvalue weighted by molar-refractivity contribution is -0.115. The Morgan fingerprint density at radius 1 is 0.925 bits per heavy atom. The molecule has 0 saturated carbocycles. The Balaban J connectivity index is 1.17. The van der Waals surface area contributed by atoms with Gasteiger partial charge in [0.05, 0.1) is 12.8 Å². The van der Waals surface area contributed by atoms with Gasteiger partial charge in [0.2, 0.25) is 5.91 Å². The molecular formula is C30H22ClN3O5S. The SMILES string of the molecule is COc1cc(NC(=S)NC(=O)C=Cc2ccc(-c3ccc(Cl)cc3)o2)ccc1NC(=O)c1cc2ccccc2o1. The maximum atomic E-state index is 12.7. The molecule has 8 nitrogen and oxygen atoms in total. The van der Waals surface area contributed by atoms with E-state index >= 15 is 0 Å². The molecular weight excluding hydrogens is 550 g/mol. The second-order valence-corrected chi connectivity index (χ2v) is 9.35. The zero-order valence-electron chi connectivity index (χ0n) is 21.1. The summed E-state index contributed by atoms with van der Waals surface area (Å²) in [5.41, 5.74) is 2.48. The summed E-state index contributed by atoms with van der Waals surface area (Å²) in [5, 5.41) is 9.84. The summed E-state index contributed by atoms with van der Waals surface area (Å²) < 4.78 is 16.8. The maximum absolute atomic E-state index is 12.7. The van der Waals surface area contributed by atoms with E-state index in [0.717, 1.165) is 10.9 Å². The molecule has 0 atom stereocenters. The van der Waals surface area contributed by atoms with Crippen molar-refractivity contribution in [1.29, 1.82) is 0 Å². The molecule has 0 aliphatic carbocycles. The van der Waals surface area contributed by atoms with Gasteiger partial charge in [-0.3, -0.25) is 14.9 Å². The van der Waals surface area contributed by atoms with Crippen molar-refractivity contribution >= 4 is 69.2 Å². The number of amides is 2. The first-order valence-corrected chi connectivity index (χ1v) is 12.8. The summed E-state index contributed by atoms with van der Waals surface area (Å²) in [4.78, 5) is 25.1. The van der Waals surface area contributed by atoms with Crippen molar-refractivity contribution in [1.82, 2.24) is 5.32 Å². The van der Waals surface area contributed by atoms with Gasteiger partial charge in [-0.15, -0.1) is 0 Å². The first-order chi connectivity index (χ1) is 19.4. The summed E-state index contributed by atoms with van der Waals surface area (Å²) in [6.45, 7) is 0. The average Bonchev–Trinajstić information content (AvgIpc) is 3.60. The van der Waals surface area contributed by atoms with Crippen LogP contribution in [-0.2, 0) is 4.79 Å². The van der Waals surface area contributed by atoms with Crippen molar-refractivity contribution in [3.8, 4) is 17.1 Å². The number of carbonyl (C=O) groups is 2. The Hall–Kier alpha value is -4.86. The topological polar surface area (TPSA) is 106 Å². The molecule has 0 saturated heterocycles. The number of hydrogen-bond donors (Lipinski definition) is 3. The molecule has 5 aromatic rings. The number of thiocarbonyl (C=S) groups is 1. The molecule has 3 N–H and O–H groups in total. The monoisotopic (exact) mass is 571 g/mol. The standard InChI is InChI=1S/C30H22ClN3O5S/c1-37-26-17-21(10-13-23(26)33-29(36)27-16-19-4-2-3-5-24(19)39-27)32-30(40)34-28(35)15-12-22-11-14-25(38-22)18-6-8-20(31)9-7-18/h2-17H,1H3,(H,33,36)(H2,32,34,35,40). The normalized spacial score (nSPS) is 10.9. The number of halogens is 1. The quantitative estimate of drug-likeness (QED) is 0.141. The summed E-state index contributed by atoms with van der Waals surface area (Å²) in [7, 11) is 1.48. The van der Waals surface area contributed by atoms with Gasteiger partial charge in [-0.25, -0.2) is 0 Å². The lowest BCUT2D eigenvalue weighted by Crippen LogP contribution is -2.32. The summed E-state index contributed by atoms with van der Waals surface area (Å²) in [6, 6.07) is 24.8. The fourth-order valence-corrected chi connectivity index (χ4v) is 4.18. The van der Waals surface area contributed by atoms with Crippen LogP contribution in [0.1, 0.15) is 16.3 Å². The summed E-state index contributed by atoms with van der Waals surface area (Å²) in [5.74, 6) is 0.866. The summed E-state index contributed by atoms with van der Waals surface area (Å²) in [6.07, 6.45) is 2.86. The molecule has 10 heteroatoms. The third-order valence-corrected chi connectivity index (χ3v) is 6.20. The number of rotatable bonds is 7. The van der Waals surface area contributed by atoms with Crippen LogP contribution in [0, 0.1) is 0 Å². The van der Waals surface area contributed by atoms with E-state index < -0.39 is 11.8 Å². The molecule has 0 bridgehead atoms. The van der Waals surface area contributed by atoms with Crippen molar-refractivity contribution in [3.05, 3.63) is 108 Å². The van der Waals surface area contributed by atoms with Gasteiger partial charge < -0.3 is 24.2 Å². The highest BCUT2D eigenvalue weighted by Gasteiger charge is 2.15. The van der Waals surface area contributed by atoms with Crippen molar-refractivity contribution in [2.75, 3.05) is 17.7 Å². The Bertz CT molecular complexity index is 1710. The van der Waals surface area contributed by atoms with Crippen LogP contribution in [0.15, 0.2) is 99.8 Å². The molecule has 0 aliphatic heterocycles. The fourth-order valence-electron chi connectivity index (χ4n) is 3.84. The average molecular weight is 572 g/mol. The molecule has 0 radical (unpaired) electrons. The van der Waals surface area contributed by atoms with Crippen LogP contribution >= 0.6 is 23.8 Å². The molecule has 0 fully saturated rings. The molecule has 0 spiro atoms. The van der Waals surface area contributed by atoms with Crippen molar-refractivity contribution in [3.63, 3.8) is 0 Å². The lowest BCUT2D eigenvalue weighted by Gasteiger charge is -2.13. The predicted molar refractivity (Wildman–Crippen MR) is 160 cm³/mol. The lowest BCUT2D eigenvalue weighted by atomic mass is 10.2. The number of methoxy groups -OCH3 is 1. The van der Waals surface area contributed by atoms with E-state index in [1.807, 2.05) is 36.4 Å². The van der Waals surface area contributed by atoms with Crippen LogP contribution in [0.3, 0.4) is 0 Å². The minimum Gasteiger partial charge on any atom is -0.494 e. The van der Waals surface area contributed by atoms with E-state index in [1.165, 1.54) is 13.2 Å². The van der Waals surface area contributed by atoms with Gasteiger partial charge in [0.15, 0.2) is 10.9 Å². The number of hydrogen-bond acceptors (Lipinski definition) is 6. The molecule has 5 rings (SSSR count). The number of furan rings is 2. The molecule has 3 aromatic carbocycles. The highest BCUT2D eigenvalue weighted by molar-refractivity contribution is 7.80. The van der Waals surface area contributed by atoms with Gasteiger partial charge in [-0.05, 0) is 79.0 Å². The third-order valence-electron chi connectivity index (χ3n) is 5.75. The largest absolute Gasteiger partial charge is 0.494 e. The number of anilines is 2. The first kappa shape index (κ1) is 26.7. The van der Waals surface area contributed by atoms with Crippen LogP contribution in [0.2, 0.25) is 5.02 Å². The predicted octanol–water partition coefficient (Wildman–Crippen LogP) is 7.13. The molecule has 2 amide bonds. The molecule has 0 unspecified atom stereocenters. The molecule has 2 heterocycles. The van der Waals surface area contributed by atoms with Crippen LogP contribution < -0.4 is 20.7 Å². The van der Waals surface area contributed by atoms with Crippen LogP contribution in [0.4, 0.5) is 11.4 Å². The Morgan fingerprint density at radius 2 is 1.73 bits per heavy atom. The van der Waals surface area contributed by atoms with Crippen molar-refractivity contribution in [2.45, 2.75) is 0 Å². The Labute approximate surface area is 239 Å². The number of benzene rings is 3. The molecule has 200 valence electrons. The number of nitrogens with one attached hydrogen (secondary N) is 3. The molecule has 0 aliphatic rings. The zero-order valence-corrected chi connectivity index (χ0v) is 22.6. The van der Waals surface area contributed by atoms with Gasteiger partial charge in [0.1, 0.15) is 22.9 Å². The van der Waals surface area contributed by atoms with E-state index in [9.17, 15) is 9.59 Å². The van der Waals surface area contributed by atoms with Gasteiger partial charge in [0, 0.05) is 33.8 Å². The second-order valence-electron chi connectivity index (χ2n) is 8.50.